The molecule has 25 heavy (non-hydrogen) atoms. The number of nitrogens with one attached hydrogen (secondary N) is 2. The summed E-state index contributed by atoms with van der Waals surface area (Å²) in [7, 11) is -2.27. The van der Waals surface area contributed by atoms with Gasteiger partial charge >= 0.3 is 0 Å². The van der Waals surface area contributed by atoms with E-state index in [0.29, 0.717) is 29.1 Å². The summed E-state index contributed by atoms with van der Waals surface area (Å²) >= 11 is 0. The molecule has 0 atom stereocenters. The number of rotatable bonds is 7. The minimum Gasteiger partial charge on any atom is -0.497 e. The van der Waals surface area contributed by atoms with Gasteiger partial charge in [0.15, 0.2) is 0 Å². The zero-order chi connectivity index (χ0) is 18.4. The van der Waals surface area contributed by atoms with E-state index in [0.717, 1.165) is 6.42 Å². The summed E-state index contributed by atoms with van der Waals surface area (Å²) in [5.41, 5.74) is 1.29. The summed E-state index contributed by atoms with van der Waals surface area (Å²) in [6.07, 6.45) is 0.807. The lowest BCUT2D eigenvalue weighted by Gasteiger charge is -2.12. The van der Waals surface area contributed by atoms with Crippen LogP contribution in [0.3, 0.4) is 0 Å². The van der Waals surface area contributed by atoms with Gasteiger partial charge in [0.1, 0.15) is 5.75 Å². The van der Waals surface area contributed by atoms with Crippen molar-refractivity contribution in [3.63, 3.8) is 0 Å². The lowest BCUT2D eigenvalue weighted by atomic mass is 10.1. The zero-order valence-corrected chi connectivity index (χ0v) is 15.3. The predicted octanol–water partition coefficient (Wildman–Crippen LogP) is 2.94. The van der Waals surface area contributed by atoms with Crippen molar-refractivity contribution in [2.75, 3.05) is 18.4 Å². The molecule has 2 aromatic carbocycles. The van der Waals surface area contributed by atoms with Crippen LogP contribution in [0.1, 0.15) is 29.3 Å². The Balaban J connectivity index is 2.29. The smallest absolute Gasteiger partial charge is 0.262 e. The van der Waals surface area contributed by atoms with E-state index >= 15 is 0 Å². The lowest BCUT2D eigenvalue weighted by molar-refractivity contribution is 0.0953. The number of aryl methyl sites for hydroxylation is 1. The van der Waals surface area contributed by atoms with Crippen LogP contribution in [-0.2, 0) is 10.0 Å². The van der Waals surface area contributed by atoms with Gasteiger partial charge in [0.25, 0.3) is 15.9 Å². The van der Waals surface area contributed by atoms with E-state index < -0.39 is 10.0 Å². The van der Waals surface area contributed by atoms with Gasteiger partial charge < -0.3 is 10.1 Å². The molecule has 0 aliphatic carbocycles. The monoisotopic (exact) mass is 362 g/mol. The van der Waals surface area contributed by atoms with Crippen molar-refractivity contribution < 1.29 is 17.9 Å². The number of benzene rings is 2. The van der Waals surface area contributed by atoms with Crippen LogP contribution < -0.4 is 14.8 Å². The summed E-state index contributed by atoms with van der Waals surface area (Å²) in [6, 6.07) is 11.2. The fourth-order valence-corrected chi connectivity index (χ4v) is 3.57. The van der Waals surface area contributed by atoms with Gasteiger partial charge in [-0.1, -0.05) is 13.0 Å². The summed E-state index contributed by atoms with van der Waals surface area (Å²) < 4.78 is 33.0. The quantitative estimate of drug-likeness (QED) is 0.793. The lowest BCUT2D eigenvalue weighted by Crippen LogP contribution is -2.24. The first-order valence-electron chi connectivity index (χ1n) is 7.93. The number of carbonyl (C=O) groups excluding carboxylic acids is 1. The van der Waals surface area contributed by atoms with E-state index in [4.69, 9.17) is 4.74 Å². The number of hydrogen-bond acceptors (Lipinski definition) is 4. The van der Waals surface area contributed by atoms with E-state index in [-0.39, 0.29) is 10.8 Å². The van der Waals surface area contributed by atoms with Gasteiger partial charge in [-0.2, -0.15) is 0 Å². The summed E-state index contributed by atoms with van der Waals surface area (Å²) in [5.74, 6) is 0.344. The Bertz CT molecular complexity index is 846. The van der Waals surface area contributed by atoms with Gasteiger partial charge in [-0.25, -0.2) is 8.42 Å². The van der Waals surface area contributed by atoms with E-state index in [1.165, 1.54) is 13.2 Å². The van der Waals surface area contributed by atoms with Crippen molar-refractivity contribution in [2.24, 2.45) is 0 Å². The molecule has 0 bridgehead atoms. The highest BCUT2D eigenvalue weighted by Gasteiger charge is 2.19. The highest BCUT2D eigenvalue weighted by molar-refractivity contribution is 7.92. The van der Waals surface area contributed by atoms with Crippen LogP contribution in [0.25, 0.3) is 0 Å². The molecule has 0 heterocycles. The maximum atomic E-state index is 12.7. The number of hydrogen-bond donors (Lipinski definition) is 2. The largest absolute Gasteiger partial charge is 0.497 e. The number of methoxy groups -OCH3 is 1. The molecule has 2 aromatic rings. The Morgan fingerprint density at radius 3 is 2.40 bits per heavy atom. The highest BCUT2D eigenvalue weighted by Crippen LogP contribution is 2.22. The molecular weight excluding hydrogens is 340 g/mol. The minimum atomic E-state index is -3.81. The van der Waals surface area contributed by atoms with Crippen LogP contribution in [-0.4, -0.2) is 28.0 Å². The standard InChI is InChI=1S/C18H22N2O4S/c1-4-11-19-18(21)14-6-5-13(2)17(12-14)25(22,23)20-15-7-9-16(24-3)10-8-15/h5-10,12,20H,4,11H2,1-3H3,(H,19,21). The second kappa shape index (κ2) is 8.02. The van der Waals surface area contributed by atoms with Gasteiger partial charge in [0.05, 0.1) is 12.0 Å². The molecule has 0 aliphatic rings. The summed E-state index contributed by atoms with van der Waals surface area (Å²) in [4.78, 5) is 12.2. The highest BCUT2D eigenvalue weighted by atomic mass is 32.2. The van der Waals surface area contributed by atoms with Gasteiger partial charge in [-0.05, 0) is 55.3 Å². The van der Waals surface area contributed by atoms with Crippen LogP contribution in [0.2, 0.25) is 0 Å². The number of amides is 1. The Labute approximate surface area is 148 Å². The normalized spacial score (nSPS) is 11.0. The molecule has 2 N–H and O–H groups in total. The Hall–Kier alpha value is -2.54. The first-order chi connectivity index (χ1) is 11.9. The molecular formula is C18H22N2O4S. The Morgan fingerprint density at radius 2 is 1.80 bits per heavy atom. The van der Waals surface area contributed by atoms with Gasteiger partial charge in [0.2, 0.25) is 0 Å². The number of ether oxygens (including phenoxy) is 1. The molecule has 0 aromatic heterocycles. The Morgan fingerprint density at radius 1 is 1.12 bits per heavy atom. The zero-order valence-electron chi connectivity index (χ0n) is 14.5. The SMILES string of the molecule is CCCNC(=O)c1ccc(C)c(S(=O)(=O)Nc2ccc(OC)cc2)c1. The van der Waals surface area contributed by atoms with Crippen LogP contribution in [0.15, 0.2) is 47.4 Å². The molecule has 0 saturated carbocycles. The molecule has 0 saturated heterocycles. The minimum absolute atomic E-state index is 0.0764. The van der Waals surface area contributed by atoms with E-state index in [2.05, 4.69) is 10.0 Å². The van der Waals surface area contributed by atoms with E-state index in [1.54, 1.807) is 43.3 Å². The van der Waals surface area contributed by atoms with Gasteiger partial charge in [0, 0.05) is 17.8 Å². The number of carbonyl (C=O) groups is 1. The van der Waals surface area contributed by atoms with Crippen molar-refractivity contribution in [3.05, 3.63) is 53.6 Å². The molecule has 0 unspecified atom stereocenters. The molecule has 6 nitrogen and oxygen atoms in total. The Kier molecular flexibility index (Phi) is 6.03. The van der Waals surface area contributed by atoms with Crippen molar-refractivity contribution in [3.8, 4) is 5.75 Å². The second-order valence-electron chi connectivity index (χ2n) is 5.57. The number of sulfonamides is 1. The fourth-order valence-electron chi connectivity index (χ4n) is 2.24. The van der Waals surface area contributed by atoms with Gasteiger partial charge in [-0.15, -0.1) is 0 Å². The third kappa shape index (κ3) is 4.73. The van der Waals surface area contributed by atoms with Crippen molar-refractivity contribution in [1.82, 2.24) is 5.32 Å². The average molecular weight is 362 g/mol. The maximum Gasteiger partial charge on any atom is 0.262 e. The third-order valence-corrected chi connectivity index (χ3v) is 5.14. The maximum absolute atomic E-state index is 12.7. The molecule has 0 aliphatic heterocycles. The van der Waals surface area contributed by atoms with E-state index in [1.807, 2.05) is 6.92 Å². The molecule has 0 spiro atoms. The second-order valence-corrected chi connectivity index (χ2v) is 7.22. The van der Waals surface area contributed by atoms with Crippen molar-refractivity contribution in [2.45, 2.75) is 25.2 Å². The van der Waals surface area contributed by atoms with E-state index in [9.17, 15) is 13.2 Å². The topological polar surface area (TPSA) is 84.5 Å². The van der Waals surface area contributed by atoms with Crippen LogP contribution >= 0.6 is 0 Å². The fraction of sp³-hybridized carbons (Fsp3) is 0.278. The molecule has 134 valence electrons. The third-order valence-electron chi connectivity index (χ3n) is 3.62. The van der Waals surface area contributed by atoms with Crippen molar-refractivity contribution >= 4 is 21.6 Å². The summed E-state index contributed by atoms with van der Waals surface area (Å²) in [5, 5.41) is 2.74. The van der Waals surface area contributed by atoms with Crippen molar-refractivity contribution in [1.29, 1.82) is 0 Å². The number of anilines is 1. The summed E-state index contributed by atoms with van der Waals surface area (Å²) in [6.45, 7) is 4.18. The molecule has 0 radical (unpaired) electrons. The van der Waals surface area contributed by atoms with Crippen LogP contribution in [0.4, 0.5) is 5.69 Å². The predicted molar refractivity (Wildman–Crippen MR) is 97.6 cm³/mol. The van der Waals surface area contributed by atoms with Crippen LogP contribution in [0.5, 0.6) is 5.75 Å². The molecule has 7 heteroatoms. The molecule has 1 amide bonds. The first-order valence-corrected chi connectivity index (χ1v) is 9.41. The van der Waals surface area contributed by atoms with Crippen LogP contribution in [0, 0.1) is 6.92 Å². The average Bonchev–Trinajstić information content (AvgIpc) is 2.60. The molecule has 0 fully saturated rings. The van der Waals surface area contributed by atoms with Gasteiger partial charge in [-0.3, -0.25) is 9.52 Å². The molecule has 2 rings (SSSR count). The first kappa shape index (κ1) is 18.8.